The minimum absolute atomic E-state index is 0.140. The zero-order chi connectivity index (χ0) is 9.31. The standard InChI is InChI=1S/C9H12N2O2/c12-8-2-1-7(5-11-8)9(13)3-4-10-6-9/h1-2,5,10,13H,3-4,6H2,(H,11,12). The zero-order valence-corrected chi connectivity index (χ0v) is 7.21. The molecule has 1 aromatic heterocycles. The van der Waals surface area contributed by atoms with Gasteiger partial charge in [-0.15, -0.1) is 0 Å². The maximum atomic E-state index is 10.8. The highest BCUT2D eigenvalue weighted by molar-refractivity contribution is 5.20. The van der Waals surface area contributed by atoms with E-state index in [1.165, 1.54) is 6.07 Å². The summed E-state index contributed by atoms with van der Waals surface area (Å²) < 4.78 is 0. The third kappa shape index (κ3) is 1.50. The predicted octanol–water partition coefficient (Wildman–Crippen LogP) is -0.444. The summed E-state index contributed by atoms with van der Waals surface area (Å²) >= 11 is 0. The van der Waals surface area contributed by atoms with Crippen molar-refractivity contribution in [3.63, 3.8) is 0 Å². The molecule has 0 bridgehead atoms. The molecule has 1 fully saturated rings. The first-order valence-electron chi connectivity index (χ1n) is 4.33. The van der Waals surface area contributed by atoms with Crippen molar-refractivity contribution >= 4 is 0 Å². The van der Waals surface area contributed by atoms with Gasteiger partial charge in [-0.1, -0.05) is 0 Å². The summed E-state index contributed by atoms with van der Waals surface area (Å²) in [6.45, 7) is 1.37. The van der Waals surface area contributed by atoms with Gasteiger partial charge in [0.25, 0.3) is 0 Å². The van der Waals surface area contributed by atoms with Crippen molar-refractivity contribution in [1.82, 2.24) is 10.3 Å². The summed E-state index contributed by atoms with van der Waals surface area (Å²) in [5, 5.41) is 13.2. The molecule has 13 heavy (non-hydrogen) atoms. The Balaban J connectivity index is 2.34. The van der Waals surface area contributed by atoms with Crippen LogP contribution in [-0.4, -0.2) is 23.2 Å². The molecule has 2 heterocycles. The van der Waals surface area contributed by atoms with Crippen molar-refractivity contribution in [3.8, 4) is 0 Å². The third-order valence-electron chi connectivity index (χ3n) is 2.45. The fourth-order valence-electron chi connectivity index (χ4n) is 1.63. The number of aromatic amines is 1. The van der Waals surface area contributed by atoms with Crippen LogP contribution in [0, 0.1) is 0 Å². The number of aliphatic hydroxyl groups is 1. The topological polar surface area (TPSA) is 65.1 Å². The van der Waals surface area contributed by atoms with Gasteiger partial charge in [-0.2, -0.15) is 0 Å². The van der Waals surface area contributed by atoms with Crippen LogP contribution in [-0.2, 0) is 5.60 Å². The quantitative estimate of drug-likeness (QED) is 0.548. The van der Waals surface area contributed by atoms with E-state index >= 15 is 0 Å². The Labute approximate surface area is 75.6 Å². The normalized spacial score (nSPS) is 27.8. The second-order valence-electron chi connectivity index (χ2n) is 3.40. The van der Waals surface area contributed by atoms with Crippen LogP contribution in [0.4, 0.5) is 0 Å². The van der Waals surface area contributed by atoms with E-state index in [9.17, 15) is 9.90 Å². The lowest BCUT2D eigenvalue weighted by atomic mass is 9.95. The molecule has 0 spiro atoms. The number of hydrogen-bond acceptors (Lipinski definition) is 3. The lowest BCUT2D eigenvalue weighted by Crippen LogP contribution is -2.29. The van der Waals surface area contributed by atoms with Crippen molar-refractivity contribution in [2.45, 2.75) is 12.0 Å². The van der Waals surface area contributed by atoms with Crippen molar-refractivity contribution in [1.29, 1.82) is 0 Å². The van der Waals surface area contributed by atoms with E-state index < -0.39 is 5.60 Å². The number of rotatable bonds is 1. The van der Waals surface area contributed by atoms with Gasteiger partial charge in [-0.05, 0) is 19.0 Å². The van der Waals surface area contributed by atoms with Gasteiger partial charge in [-0.25, -0.2) is 0 Å². The van der Waals surface area contributed by atoms with Crippen molar-refractivity contribution < 1.29 is 5.11 Å². The van der Waals surface area contributed by atoms with Crippen LogP contribution in [0.1, 0.15) is 12.0 Å². The molecule has 1 aliphatic heterocycles. The average Bonchev–Trinajstić information content (AvgIpc) is 2.54. The number of aromatic nitrogens is 1. The summed E-state index contributed by atoms with van der Waals surface area (Å²) in [4.78, 5) is 13.3. The van der Waals surface area contributed by atoms with Crippen LogP contribution in [0.15, 0.2) is 23.1 Å². The van der Waals surface area contributed by atoms with Crippen LogP contribution >= 0.6 is 0 Å². The first-order chi connectivity index (χ1) is 6.21. The van der Waals surface area contributed by atoms with Crippen molar-refractivity contribution in [2.24, 2.45) is 0 Å². The lowest BCUT2D eigenvalue weighted by molar-refractivity contribution is 0.0583. The average molecular weight is 180 g/mol. The monoisotopic (exact) mass is 180 g/mol. The number of β-amino-alcohol motifs (C(OH)–C–C–N with tert-alkyl or cyclic N) is 1. The molecule has 3 N–H and O–H groups in total. The first kappa shape index (κ1) is 8.47. The molecule has 0 amide bonds. The Bertz CT molecular complexity index is 332. The Morgan fingerprint density at radius 1 is 1.46 bits per heavy atom. The van der Waals surface area contributed by atoms with E-state index in [0.29, 0.717) is 13.0 Å². The molecule has 1 saturated heterocycles. The van der Waals surface area contributed by atoms with Crippen LogP contribution < -0.4 is 10.9 Å². The number of pyridine rings is 1. The molecule has 0 radical (unpaired) electrons. The second kappa shape index (κ2) is 2.97. The highest BCUT2D eigenvalue weighted by atomic mass is 16.3. The largest absolute Gasteiger partial charge is 0.384 e. The van der Waals surface area contributed by atoms with Crippen LogP contribution in [0.5, 0.6) is 0 Å². The molecule has 0 saturated carbocycles. The minimum Gasteiger partial charge on any atom is -0.384 e. The molecular weight excluding hydrogens is 168 g/mol. The van der Waals surface area contributed by atoms with E-state index in [1.807, 2.05) is 0 Å². The Morgan fingerprint density at radius 2 is 2.31 bits per heavy atom. The number of nitrogens with one attached hydrogen (secondary N) is 2. The van der Waals surface area contributed by atoms with Crippen molar-refractivity contribution in [3.05, 3.63) is 34.2 Å². The maximum absolute atomic E-state index is 10.8. The fourth-order valence-corrected chi connectivity index (χ4v) is 1.63. The van der Waals surface area contributed by atoms with E-state index in [-0.39, 0.29) is 5.56 Å². The fraction of sp³-hybridized carbons (Fsp3) is 0.444. The summed E-state index contributed by atoms with van der Waals surface area (Å²) in [7, 11) is 0. The van der Waals surface area contributed by atoms with E-state index in [1.54, 1.807) is 12.3 Å². The maximum Gasteiger partial charge on any atom is 0.247 e. The lowest BCUT2D eigenvalue weighted by Gasteiger charge is -2.20. The van der Waals surface area contributed by atoms with Crippen LogP contribution in [0.3, 0.4) is 0 Å². The van der Waals surface area contributed by atoms with Gasteiger partial charge >= 0.3 is 0 Å². The Kier molecular flexibility index (Phi) is 1.94. The van der Waals surface area contributed by atoms with Gasteiger partial charge in [0.05, 0.1) is 0 Å². The first-order valence-corrected chi connectivity index (χ1v) is 4.33. The van der Waals surface area contributed by atoms with Crippen molar-refractivity contribution in [2.75, 3.05) is 13.1 Å². The molecular formula is C9H12N2O2. The smallest absolute Gasteiger partial charge is 0.247 e. The number of hydrogen-bond donors (Lipinski definition) is 3. The van der Waals surface area contributed by atoms with Gasteiger partial charge in [-0.3, -0.25) is 4.79 Å². The molecule has 4 nitrogen and oxygen atoms in total. The molecule has 0 aliphatic carbocycles. The van der Waals surface area contributed by atoms with Gasteiger partial charge in [0, 0.05) is 24.4 Å². The zero-order valence-electron chi connectivity index (χ0n) is 7.21. The number of H-pyrrole nitrogens is 1. The molecule has 1 atom stereocenters. The highest BCUT2D eigenvalue weighted by Crippen LogP contribution is 2.25. The van der Waals surface area contributed by atoms with E-state index in [2.05, 4.69) is 10.3 Å². The summed E-state index contributed by atoms with van der Waals surface area (Å²) in [6, 6.07) is 3.11. The summed E-state index contributed by atoms with van der Waals surface area (Å²) in [5.74, 6) is 0. The molecule has 1 aromatic rings. The SMILES string of the molecule is O=c1ccc(C2(O)CCNC2)c[nH]1. The molecule has 1 unspecified atom stereocenters. The minimum atomic E-state index is -0.801. The van der Waals surface area contributed by atoms with Gasteiger partial charge in [0.15, 0.2) is 0 Å². The van der Waals surface area contributed by atoms with Crippen LogP contribution in [0.2, 0.25) is 0 Å². The van der Waals surface area contributed by atoms with Crippen LogP contribution in [0.25, 0.3) is 0 Å². The third-order valence-corrected chi connectivity index (χ3v) is 2.45. The molecule has 4 heteroatoms. The van der Waals surface area contributed by atoms with Gasteiger partial charge in [0.1, 0.15) is 5.60 Å². The molecule has 0 aromatic carbocycles. The molecule has 70 valence electrons. The summed E-state index contributed by atoms with van der Waals surface area (Å²) in [6.07, 6.45) is 2.27. The Morgan fingerprint density at radius 3 is 2.85 bits per heavy atom. The van der Waals surface area contributed by atoms with Gasteiger partial charge in [0.2, 0.25) is 5.56 Å². The highest BCUT2D eigenvalue weighted by Gasteiger charge is 2.32. The molecule has 1 aliphatic rings. The van der Waals surface area contributed by atoms with E-state index in [4.69, 9.17) is 0 Å². The Hall–Kier alpha value is -1.13. The van der Waals surface area contributed by atoms with Gasteiger partial charge < -0.3 is 15.4 Å². The molecule has 2 rings (SSSR count). The van der Waals surface area contributed by atoms with E-state index in [0.717, 1.165) is 12.1 Å². The predicted molar refractivity (Wildman–Crippen MR) is 48.4 cm³/mol. The summed E-state index contributed by atoms with van der Waals surface area (Å²) in [5.41, 5.74) is -0.167. The second-order valence-corrected chi connectivity index (χ2v) is 3.40.